The normalized spacial score (nSPS) is 22.5. The first-order valence-electron chi connectivity index (χ1n) is 13.3. The zero-order chi connectivity index (χ0) is 26.2. The van der Waals surface area contributed by atoms with Crippen LogP contribution in [0, 0.1) is 5.92 Å². The highest BCUT2D eigenvalue weighted by Crippen LogP contribution is 2.44. The van der Waals surface area contributed by atoms with Crippen LogP contribution in [0.3, 0.4) is 0 Å². The number of hydrogen-bond donors (Lipinski definition) is 4. The standard InChI is InChI=1S/C30H28N8O/c39-30(18-6-2-1-3-7-18)34-21-14-20(16-31-17-21)19-9-10-25-23(15-19)27(38-37-25)29-35-26-22(11-13-33-28(26)36-29)24-8-4-5-12-32-24/h1-8,11-14,16-17,19,23,25,27,37-38H,9-10,15H2,(H,34,39)(H,33,35,36). The van der Waals surface area contributed by atoms with Crippen molar-refractivity contribution in [3.63, 3.8) is 0 Å². The summed E-state index contributed by atoms with van der Waals surface area (Å²) in [6.07, 6.45) is 10.3. The van der Waals surface area contributed by atoms with Crippen LogP contribution < -0.4 is 16.2 Å². The summed E-state index contributed by atoms with van der Waals surface area (Å²) in [6.45, 7) is 0. The molecule has 1 saturated carbocycles. The van der Waals surface area contributed by atoms with E-state index in [-0.39, 0.29) is 11.9 Å². The number of H-pyrrole nitrogens is 1. The Bertz CT molecular complexity index is 1620. The summed E-state index contributed by atoms with van der Waals surface area (Å²) in [5.41, 5.74) is 13.0. The highest BCUT2D eigenvalue weighted by molar-refractivity contribution is 6.04. The maximum Gasteiger partial charge on any atom is 0.255 e. The molecule has 39 heavy (non-hydrogen) atoms. The van der Waals surface area contributed by atoms with Crippen LogP contribution in [0.2, 0.25) is 0 Å². The van der Waals surface area contributed by atoms with E-state index in [1.807, 2.05) is 48.7 Å². The number of pyridine rings is 3. The number of aromatic nitrogens is 5. The summed E-state index contributed by atoms with van der Waals surface area (Å²) < 4.78 is 0. The Kier molecular flexibility index (Phi) is 6.07. The van der Waals surface area contributed by atoms with Crippen LogP contribution in [0.4, 0.5) is 5.69 Å². The number of hydrazine groups is 1. The lowest BCUT2D eigenvalue weighted by atomic mass is 9.73. The van der Waals surface area contributed by atoms with Crippen LogP contribution in [0.1, 0.15) is 53.0 Å². The number of hydrogen-bond acceptors (Lipinski definition) is 7. The lowest BCUT2D eigenvalue weighted by molar-refractivity contribution is 0.102. The predicted molar refractivity (Wildman–Crippen MR) is 149 cm³/mol. The fourth-order valence-corrected chi connectivity index (χ4v) is 5.98. The smallest absolute Gasteiger partial charge is 0.255 e. The number of aromatic amines is 1. The van der Waals surface area contributed by atoms with Crippen molar-refractivity contribution in [1.82, 2.24) is 35.8 Å². The second-order valence-corrected chi connectivity index (χ2v) is 10.3. The van der Waals surface area contributed by atoms with Crippen LogP contribution in [0.5, 0.6) is 0 Å². The van der Waals surface area contributed by atoms with Gasteiger partial charge in [-0.15, -0.1) is 0 Å². The molecule has 1 aliphatic heterocycles. The number of carbonyl (C=O) groups excluding carboxylic acids is 1. The van der Waals surface area contributed by atoms with Gasteiger partial charge < -0.3 is 10.3 Å². The Morgan fingerprint density at radius 1 is 0.923 bits per heavy atom. The first-order chi connectivity index (χ1) is 19.2. The van der Waals surface area contributed by atoms with Gasteiger partial charge in [0.25, 0.3) is 5.91 Å². The molecule has 4 unspecified atom stereocenters. The van der Waals surface area contributed by atoms with Gasteiger partial charge in [-0.2, -0.15) is 0 Å². The average Bonchev–Trinajstić information content (AvgIpc) is 3.62. The number of rotatable bonds is 5. The average molecular weight is 517 g/mol. The van der Waals surface area contributed by atoms with Gasteiger partial charge in [0.05, 0.1) is 29.1 Å². The summed E-state index contributed by atoms with van der Waals surface area (Å²) >= 11 is 0. The number of carbonyl (C=O) groups is 1. The van der Waals surface area contributed by atoms with E-state index < -0.39 is 0 Å². The van der Waals surface area contributed by atoms with E-state index in [0.29, 0.717) is 34.8 Å². The molecule has 7 rings (SSSR count). The third kappa shape index (κ3) is 4.56. The summed E-state index contributed by atoms with van der Waals surface area (Å²) in [5, 5.41) is 3.00. The second-order valence-electron chi connectivity index (χ2n) is 10.3. The molecule has 194 valence electrons. The number of nitrogens with one attached hydrogen (secondary N) is 4. The Morgan fingerprint density at radius 3 is 2.69 bits per heavy atom. The van der Waals surface area contributed by atoms with Gasteiger partial charge in [-0.25, -0.2) is 15.4 Å². The van der Waals surface area contributed by atoms with E-state index in [2.05, 4.69) is 42.2 Å². The van der Waals surface area contributed by atoms with Gasteiger partial charge in [-0.1, -0.05) is 24.3 Å². The van der Waals surface area contributed by atoms with E-state index >= 15 is 0 Å². The first-order valence-corrected chi connectivity index (χ1v) is 13.3. The molecule has 2 aliphatic rings. The molecule has 0 radical (unpaired) electrons. The summed E-state index contributed by atoms with van der Waals surface area (Å²) in [7, 11) is 0. The largest absolute Gasteiger partial charge is 0.339 e. The monoisotopic (exact) mass is 516 g/mol. The maximum absolute atomic E-state index is 12.7. The molecule has 5 aromatic rings. The molecule has 4 aromatic heterocycles. The van der Waals surface area contributed by atoms with Crippen molar-refractivity contribution in [2.75, 3.05) is 5.32 Å². The van der Waals surface area contributed by atoms with Crippen LogP contribution in [-0.2, 0) is 0 Å². The summed E-state index contributed by atoms with van der Waals surface area (Å²) in [4.78, 5) is 34.6. The van der Waals surface area contributed by atoms with E-state index in [1.54, 1.807) is 30.7 Å². The lowest BCUT2D eigenvalue weighted by Crippen LogP contribution is -2.34. The van der Waals surface area contributed by atoms with Crippen LogP contribution in [-0.4, -0.2) is 36.9 Å². The van der Waals surface area contributed by atoms with Crippen LogP contribution in [0.15, 0.2) is 85.5 Å². The molecule has 4 N–H and O–H groups in total. The molecule has 1 aliphatic carbocycles. The third-order valence-electron chi connectivity index (χ3n) is 7.92. The fourth-order valence-electron chi connectivity index (χ4n) is 5.98. The number of nitrogens with zero attached hydrogens (tertiary/aromatic N) is 4. The molecule has 4 atom stereocenters. The minimum atomic E-state index is -0.133. The highest BCUT2D eigenvalue weighted by atomic mass is 16.1. The molecule has 9 nitrogen and oxygen atoms in total. The summed E-state index contributed by atoms with van der Waals surface area (Å²) in [5.74, 6) is 1.42. The van der Waals surface area contributed by atoms with Gasteiger partial charge in [-0.3, -0.25) is 20.2 Å². The van der Waals surface area contributed by atoms with Crippen molar-refractivity contribution in [2.45, 2.75) is 37.3 Å². The zero-order valence-electron chi connectivity index (χ0n) is 21.2. The molecule has 9 heteroatoms. The Labute approximate surface area is 225 Å². The maximum atomic E-state index is 12.7. The molecule has 1 aromatic carbocycles. The van der Waals surface area contributed by atoms with Gasteiger partial charge in [0.2, 0.25) is 0 Å². The number of anilines is 1. The highest BCUT2D eigenvalue weighted by Gasteiger charge is 2.42. The summed E-state index contributed by atoms with van der Waals surface area (Å²) in [6, 6.07) is 19.6. The van der Waals surface area contributed by atoms with Crippen molar-refractivity contribution >= 4 is 22.8 Å². The van der Waals surface area contributed by atoms with Crippen molar-refractivity contribution in [1.29, 1.82) is 0 Å². The van der Waals surface area contributed by atoms with Crippen molar-refractivity contribution in [2.24, 2.45) is 5.92 Å². The third-order valence-corrected chi connectivity index (χ3v) is 7.92. The van der Waals surface area contributed by atoms with Gasteiger partial charge in [0.1, 0.15) is 5.82 Å². The van der Waals surface area contributed by atoms with E-state index in [9.17, 15) is 4.79 Å². The number of fused-ring (bicyclic) bond motifs is 2. The molecular weight excluding hydrogens is 488 g/mol. The first kappa shape index (κ1) is 23.6. The van der Waals surface area contributed by atoms with Gasteiger partial charge in [0.15, 0.2) is 5.65 Å². The minimum Gasteiger partial charge on any atom is -0.339 e. The topological polar surface area (TPSA) is 121 Å². The van der Waals surface area contributed by atoms with Crippen molar-refractivity contribution in [3.8, 4) is 11.3 Å². The molecule has 1 amide bonds. The van der Waals surface area contributed by atoms with Crippen LogP contribution in [0.25, 0.3) is 22.4 Å². The zero-order valence-corrected chi connectivity index (χ0v) is 21.2. The Balaban J connectivity index is 1.12. The van der Waals surface area contributed by atoms with Gasteiger partial charge >= 0.3 is 0 Å². The number of benzene rings is 1. The second kappa shape index (κ2) is 10.0. The Hall–Kier alpha value is -4.47. The van der Waals surface area contributed by atoms with E-state index in [4.69, 9.17) is 4.98 Å². The molecule has 5 heterocycles. The van der Waals surface area contributed by atoms with E-state index in [1.165, 1.54) is 0 Å². The van der Waals surface area contributed by atoms with Crippen molar-refractivity contribution in [3.05, 3.63) is 102 Å². The molecular formula is C30H28N8O. The number of amides is 1. The molecule has 0 bridgehead atoms. The molecule has 1 saturated heterocycles. The van der Waals surface area contributed by atoms with Gasteiger partial charge in [-0.05, 0) is 73.1 Å². The lowest BCUT2D eigenvalue weighted by Gasteiger charge is -2.33. The minimum absolute atomic E-state index is 0.0255. The predicted octanol–water partition coefficient (Wildman–Crippen LogP) is 4.77. The molecule has 0 spiro atoms. The Morgan fingerprint density at radius 2 is 1.82 bits per heavy atom. The SMILES string of the molecule is O=C(Nc1cncc(C2CCC3NNC(c4nc5nccc(-c6ccccn6)c5[nH]4)C3C2)c1)c1ccccc1. The van der Waals surface area contributed by atoms with Crippen LogP contribution >= 0.6 is 0 Å². The quantitative estimate of drug-likeness (QED) is 0.266. The van der Waals surface area contributed by atoms with Crippen molar-refractivity contribution < 1.29 is 4.79 Å². The fraction of sp³-hybridized carbons (Fsp3) is 0.233. The molecule has 2 fully saturated rings. The number of imidazole rings is 1. The van der Waals surface area contributed by atoms with Gasteiger partial charge in [0, 0.05) is 35.8 Å². The van der Waals surface area contributed by atoms with E-state index in [0.717, 1.165) is 47.4 Å².